The molecule has 0 atom stereocenters. The lowest BCUT2D eigenvalue weighted by Crippen LogP contribution is -2.14. The summed E-state index contributed by atoms with van der Waals surface area (Å²) in [7, 11) is 1.60. The highest BCUT2D eigenvalue weighted by molar-refractivity contribution is 7.15. The molecule has 0 aliphatic carbocycles. The molecule has 0 bridgehead atoms. The molecule has 11 nitrogen and oxygen atoms in total. The minimum atomic E-state index is -0.786. The highest BCUT2D eigenvalue weighted by Crippen LogP contribution is 2.29. The van der Waals surface area contributed by atoms with Gasteiger partial charge in [-0.3, -0.25) is 30.3 Å². The van der Waals surface area contributed by atoms with Crippen molar-refractivity contribution in [2.24, 2.45) is 0 Å². The first-order chi connectivity index (χ1) is 14.8. The molecule has 3 rings (SSSR count). The van der Waals surface area contributed by atoms with Gasteiger partial charge in [-0.1, -0.05) is 23.5 Å². The second kappa shape index (κ2) is 9.26. The summed E-state index contributed by atoms with van der Waals surface area (Å²) in [6.07, 6.45) is 1.31. The Bertz CT molecular complexity index is 1150. The summed E-state index contributed by atoms with van der Waals surface area (Å²) in [4.78, 5) is 33.3. The van der Waals surface area contributed by atoms with E-state index in [1.54, 1.807) is 7.11 Å². The minimum absolute atomic E-state index is 0.0253. The number of anilines is 1. The Morgan fingerprint density at radius 2 is 1.81 bits per heavy atom. The predicted octanol–water partition coefficient (Wildman–Crippen LogP) is 3.71. The number of aromatic nitrogens is 2. The van der Waals surface area contributed by atoms with Crippen molar-refractivity contribution in [3.63, 3.8) is 0 Å². The summed E-state index contributed by atoms with van der Waals surface area (Å²) in [6.45, 7) is 1.36. The average molecular weight is 443 g/mol. The molecule has 1 amide bonds. The number of nitro benzene ring substituents is 2. The molecule has 0 unspecified atom stereocenters. The van der Waals surface area contributed by atoms with E-state index in [1.165, 1.54) is 6.92 Å². The molecule has 0 saturated carbocycles. The number of hydrogen-bond acceptors (Lipinski definition) is 9. The molecular weight excluding hydrogens is 426 g/mol. The Morgan fingerprint density at radius 3 is 2.42 bits per heavy atom. The highest BCUT2D eigenvalue weighted by atomic mass is 32.1. The number of methoxy groups -OCH3 is 1. The van der Waals surface area contributed by atoms with Gasteiger partial charge >= 0.3 is 0 Å². The number of non-ortho nitro benzene ring substituents is 1. The van der Waals surface area contributed by atoms with Crippen molar-refractivity contribution in [1.29, 1.82) is 0 Å². The first-order valence-electron chi connectivity index (χ1n) is 8.98. The molecule has 0 fully saturated rings. The van der Waals surface area contributed by atoms with Crippen LogP contribution >= 0.6 is 11.3 Å². The van der Waals surface area contributed by atoms with Crippen molar-refractivity contribution in [2.45, 2.75) is 19.8 Å². The predicted molar refractivity (Wildman–Crippen MR) is 113 cm³/mol. The van der Waals surface area contributed by atoms with Crippen molar-refractivity contribution >= 4 is 33.8 Å². The zero-order valence-electron chi connectivity index (χ0n) is 16.5. The van der Waals surface area contributed by atoms with Crippen molar-refractivity contribution in [3.8, 4) is 5.75 Å². The van der Waals surface area contributed by atoms with Crippen molar-refractivity contribution in [2.75, 3.05) is 12.4 Å². The lowest BCUT2D eigenvalue weighted by Gasteiger charge is -2.06. The summed E-state index contributed by atoms with van der Waals surface area (Å²) >= 11 is 1.16. The summed E-state index contributed by atoms with van der Waals surface area (Å²) < 4.78 is 5.12. The third-order valence-electron chi connectivity index (χ3n) is 4.49. The number of nitrogens with one attached hydrogen (secondary N) is 1. The first kappa shape index (κ1) is 21.8. The molecule has 31 heavy (non-hydrogen) atoms. The number of nitrogens with zero attached hydrogens (tertiary/aromatic N) is 4. The maximum absolute atomic E-state index is 12.6. The number of carbonyl (C=O) groups is 1. The molecule has 0 radical (unpaired) electrons. The van der Waals surface area contributed by atoms with E-state index in [0.29, 0.717) is 17.8 Å². The van der Waals surface area contributed by atoms with Gasteiger partial charge in [-0.05, 0) is 31.0 Å². The van der Waals surface area contributed by atoms with Crippen LogP contribution < -0.4 is 10.1 Å². The number of nitro groups is 2. The van der Waals surface area contributed by atoms with Gasteiger partial charge in [0.05, 0.1) is 28.6 Å². The van der Waals surface area contributed by atoms with Crippen LogP contribution in [0.2, 0.25) is 0 Å². The second-order valence-electron chi connectivity index (χ2n) is 6.45. The number of rotatable bonds is 8. The Balaban J connectivity index is 1.72. The van der Waals surface area contributed by atoms with Gasteiger partial charge in [-0.25, -0.2) is 0 Å². The lowest BCUT2D eigenvalue weighted by molar-refractivity contribution is -0.394. The molecule has 2 aromatic carbocycles. The van der Waals surface area contributed by atoms with Gasteiger partial charge in [0.1, 0.15) is 10.8 Å². The monoisotopic (exact) mass is 443 g/mol. The molecule has 0 saturated heterocycles. The number of aryl methyl sites for hydroxylation is 2. The van der Waals surface area contributed by atoms with Gasteiger partial charge in [-0.15, -0.1) is 10.2 Å². The van der Waals surface area contributed by atoms with E-state index in [0.717, 1.165) is 34.8 Å². The fraction of sp³-hybridized carbons (Fsp3) is 0.211. The Morgan fingerprint density at radius 1 is 1.10 bits per heavy atom. The van der Waals surface area contributed by atoms with E-state index in [4.69, 9.17) is 4.74 Å². The second-order valence-corrected chi connectivity index (χ2v) is 7.52. The van der Waals surface area contributed by atoms with E-state index >= 15 is 0 Å². The number of ether oxygens (including phenoxy) is 1. The third-order valence-corrected chi connectivity index (χ3v) is 5.39. The normalized spacial score (nSPS) is 10.5. The van der Waals surface area contributed by atoms with Crippen LogP contribution in [0, 0.1) is 27.2 Å². The molecular formula is C19H17N5O6S. The van der Waals surface area contributed by atoms with Crippen LogP contribution in [-0.2, 0) is 12.8 Å². The van der Waals surface area contributed by atoms with Crippen molar-refractivity contribution < 1.29 is 19.4 Å². The number of hydrogen-bond donors (Lipinski definition) is 1. The molecule has 0 aliphatic heterocycles. The summed E-state index contributed by atoms with van der Waals surface area (Å²) in [6, 6.07) is 9.45. The van der Waals surface area contributed by atoms with E-state index in [-0.39, 0.29) is 16.3 Å². The van der Waals surface area contributed by atoms with Crippen molar-refractivity contribution in [3.05, 3.63) is 78.3 Å². The Labute approximate surface area is 180 Å². The lowest BCUT2D eigenvalue weighted by atomic mass is 10.0. The third kappa shape index (κ3) is 5.17. The van der Waals surface area contributed by atoms with Crippen LogP contribution in [0.5, 0.6) is 5.75 Å². The number of carbonyl (C=O) groups excluding carboxylic acids is 1. The maximum atomic E-state index is 12.6. The molecule has 12 heteroatoms. The molecule has 0 spiro atoms. The van der Waals surface area contributed by atoms with Crippen molar-refractivity contribution in [1.82, 2.24) is 10.2 Å². The topological polar surface area (TPSA) is 150 Å². The molecule has 3 aromatic rings. The zero-order valence-corrected chi connectivity index (χ0v) is 17.3. The van der Waals surface area contributed by atoms with Crippen LogP contribution in [0.15, 0.2) is 36.4 Å². The fourth-order valence-electron chi connectivity index (χ4n) is 2.83. The summed E-state index contributed by atoms with van der Waals surface area (Å²) in [5.41, 5.74) is -0.106. The SMILES string of the molecule is COc1ccc(CCc2nnc(NC(=O)c3cc([N+](=O)[O-])cc([N+](=O)[O-])c3C)s2)cc1. The van der Waals surface area contributed by atoms with Crippen LogP contribution in [0.4, 0.5) is 16.5 Å². The Kier molecular flexibility index (Phi) is 6.50. The molecule has 1 N–H and O–H groups in total. The van der Waals surface area contributed by atoms with E-state index < -0.39 is 27.1 Å². The summed E-state index contributed by atoms with van der Waals surface area (Å²) in [5, 5.41) is 33.6. The number of amides is 1. The van der Waals surface area contributed by atoms with Gasteiger partial charge in [0.25, 0.3) is 17.3 Å². The smallest absolute Gasteiger partial charge is 0.279 e. The maximum Gasteiger partial charge on any atom is 0.279 e. The van der Waals surface area contributed by atoms with E-state index in [2.05, 4.69) is 15.5 Å². The molecule has 1 heterocycles. The van der Waals surface area contributed by atoms with Gasteiger partial charge in [0.15, 0.2) is 0 Å². The van der Waals surface area contributed by atoms with Gasteiger partial charge in [-0.2, -0.15) is 0 Å². The largest absolute Gasteiger partial charge is 0.497 e. The molecule has 160 valence electrons. The zero-order chi connectivity index (χ0) is 22.5. The van der Waals surface area contributed by atoms with Crippen LogP contribution in [0.25, 0.3) is 0 Å². The van der Waals surface area contributed by atoms with E-state index in [1.807, 2.05) is 24.3 Å². The quantitative estimate of drug-likeness (QED) is 0.409. The van der Waals surface area contributed by atoms with Gasteiger partial charge in [0, 0.05) is 18.1 Å². The van der Waals surface area contributed by atoms with Gasteiger partial charge in [0.2, 0.25) is 5.13 Å². The molecule has 1 aromatic heterocycles. The summed E-state index contributed by atoms with van der Waals surface area (Å²) in [5.74, 6) is 0.0310. The van der Waals surface area contributed by atoms with Gasteiger partial charge < -0.3 is 4.74 Å². The van der Waals surface area contributed by atoms with Crippen LogP contribution in [0.1, 0.15) is 26.5 Å². The molecule has 0 aliphatic rings. The van der Waals surface area contributed by atoms with Crippen LogP contribution in [-0.4, -0.2) is 33.1 Å². The van der Waals surface area contributed by atoms with Crippen LogP contribution in [0.3, 0.4) is 0 Å². The average Bonchev–Trinajstić information content (AvgIpc) is 3.19. The minimum Gasteiger partial charge on any atom is -0.497 e. The Hall–Kier alpha value is -3.93. The number of benzene rings is 2. The standard InChI is InChI=1S/C19H17N5O6S/c1-11-15(9-13(23(26)27)10-16(11)24(28)29)18(25)20-19-22-21-17(31-19)8-5-12-3-6-14(30-2)7-4-12/h3-4,6-7,9-10H,5,8H2,1-2H3,(H,20,22,25). The first-order valence-corrected chi connectivity index (χ1v) is 9.80. The fourth-order valence-corrected chi connectivity index (χ4v) is 3.56. The van der Waals surface area contributed by atoms with E-state index in [9.17, 15) is 25.0 Å². The highest BCUT2D eigenvalue weighted by Gasteiger charge is 2.25.